The van der Waals surface area contributed by atoms with Gasteiger partial charge in [0.2, 0.25) is 11.8 Å². The number of nitrogens with one attached hydrogen (secondary N) is 2. The van der Waals surface area contributed by atoms with Gasteiger partial charge in [-0.05, 0) is 69.5 Å². The highest BCUT2D eigenvalue weighted by Crippen LogP contribution is 2.27. The van der Waals surface area contributed by atoms with Gasteiger partial charge in [-0.2, -0.15) is 0 Å². The van der Waals surface area contributed by atoms with Crippen LogP contribution in [0.1, 0.15) is 37.7 Å². The molecule has 0 aliphatic carbocycles. The Bertz CT molecular complexity index is 1620. The van der Waals surface area contributed by atoms with Gasteiger partial charge in [0.15, 0.2) is 0 Å². The number of anilines is 1. The van der Waals surface area contributed by atoms with Crippen LogP contribution < -0.4 is 16.2 Å². The number of fused-ring (bicyclic) bond motifs is 1. The number of benzene rings is 2. The van der Waals surface area contributed by atoms with E-state index in [9.17, 15) is 19.5 Å². The SMILES string of the molecule is C#CCNCCCC(Cc1ccccc1)C(=O)N1CCC(O)(Cn2cnc3cc(NC(=O)CCN4CCN(C)CC4)ccc3c2=O)CC1. The number of piperazine rings is 1. The number of amides is 2. The summed E-state index contributed by atoms with van der Waals surface area (Å²) in [5.74, 6) is 2.45. The maximum absolute atomic E-state index is 13.7. The lowest BCUT2D eigenvalue weighted by Crippen LogP contribution is -2.51. The van der Waals surface area contributed by atoms with Gasteiger partial charge in [0, 0.05) is 63.8 Å². The van der Waals surface area contributed by atoms with Crippen molar-refractivity contribution in [1.82, 2.24) is 29.6 Å². The van der Waals surface area contributed by atoms with E-state index in [1.807, 2.05) is 23.1 Å². The monoisotopic (exact) mass is 655 g/mol. The van der Waals surface area contributed by atoms with E-state index in [2.05, 4.69) is 50.5 Å². The number of likely N-dealkylation sites (tertiary alicyclic amines) is 1. The standard InChI is InChI=1S/C37H49N7O4/c1-3-16-38-17-7-10-30(25-29-8-5-4-6-9-29)35(46)43-19-14-37(48,15-20-43)27-44-28-39-33-26-31(11-12-32(33)36(44)47)40-34(45)13-18-42-23-21-41(2)22-24-42/h1,4-6,8-9,11-12,26,28,30,38,48H,7,10,13-25,27H2,2H3,(H,40,45). The number of aliphatic hydroxyl groups is 1. The first-order valence-corrected chi connectivity index (χ1v) is 17.1. The minimum atomic E-state index is -1.14. The molecule has 2 aliphatic rings. The van der Waals surface area contributed by atoms with Gasteiger partial charge in [0.25, 0.3) is 5.56 Å². The summed E-state index contributed by atoms with van der Waals surface area (Å²) >= 11 is 0. The van der Waals surface area contributed by atoms with E-state index in [1.54, 1.807) is 18.2 Å². The van der Waals surface area contributed by atoms with Crippen molar-refractivity contribution in [2.24, 2.45) is 5.92 Å². The van der Waals surface area contributed by atoms with Crippen LogP contribution in [0, 0.1) is 18.3 Å². The summed E-state index contributed by atoms with van der Waals surface area (Å²) in [5.41, 5.74) is 0.822. The van der Waals surface area contributed by atoms with Crippen LogP contribution in [0.15, 0.2) is 59.7 Å². The zero-order valence-corrected chi connectivity index (χ0v) is 28.1. The highest BCUT2D eigenvalue weighted by molar-refractivity contribution is 5.93. The second-order valence-electron chi connectivity index (χ2n) is 13.3. The molecule has 1 aromatic heterocycles. The van der Waals surface area contributed by atoms with Gasteiger partial charge in [-0.3, -0.25) is 19.0 Å². The Hall–Kier alpha value is -4.08. The lowest BCUT2D eigenvalue weighted by molar-refractivity contribution is -0.140. The van der Waals surface area contributed by atoms with Crippen molar-refractivity contribution < 1.29 is 14.7 Å². The number of piperidine rings is 1. The Balaban J connectivity index is 1.15. The molecule has 3 N–H and O–H groups in total. The van der Waals surface area contributed by atoms with Crippen molar-refractivity contribution in [1.29, 1.82) is 0 Å². The molecule has 2 fully saturated rings. The normalized spacial score (nSPS) is 17.6. The molecule has 2 aromatic carbocycles. The number of aromatic nitrogens is 2. The van der Waals surface area contributed by atoms with E-state index in [4.69, 9.17) is 6.42 Å². The number of likely N-dealkylation sites (N-methyl/N-ethyl adjacent to an activating group) is 1. The molecule has 0 radical (unpaired) electrons. The lowest BCUT2D eigenvalue weighted by atomic mass is 9.88. The second-order valence-corrected chi connectivity index (χ2v) is 13.3. The number of carbonyl (C=O) groups is 2. The van der Waals surface area contributed by atoms with Crippen molar-refractivity contribution >= 4 is 28.4 Å². The molecule has 3 heterocycles. The zero-order valence-electron chi connectivity index (χ0n) is 28.1. The molecule has 1 unspecified atom stereocenters. The molecule has 11 heteroatoms. The van der Waals surface area contributed by atoms with E-state index >= 15 is 0 Å². The molecule has 0 bridgehead atoms. The van der Waals surface area contributed by atoms with Crippen LogP contribution in [-0.4, -0.2) is 113 Å². The zero-order chi connectivity index (χ0) is 33.9. The number of terminal acetylenes is 1. The Morgan fingerprint density at radius 1 is 1.06 bits per heavy atom. The van der Waals surface area contributed by atoms with E-state index in [0.29, 0.717) is 68.5 Å². The maximum Gasteiger partial charge on any atom is 0.261 e. The maximum atomic E-state index is 13.7. The third kappa shape index (κ3) is 9.73. The largest absolute Gasteiger partial charge is 0.388 e. The first-order valence-electron chi connectivity index (χ1n) is 17.1. The summed E-state index contributed by atoms with van der Waals surface area (Å²) in [4.78, 5) is 50.7. The van der Waals surface area contributed by atoms with Gasteiger partial charge in [0.1, 0.15) is 0 Å². The average Bonchev–Trinajstić information content (AvgIpc) is 3.09. The molecule has 3 aromatic rings. The molecular weight excluding hydrogens is 606 g/mol. The van der Waals surface area contributed by atoms with Gasteiger partial charge in [0.05, 0.1) is 35.9 Å². The number of rotatable bonds is 14. The average molecular weight is 656 g/mol. The predicted molar refractivity (Wildman–Crippen MR) is 189 cm³/mol. The molecule has 2 aliphatic heterocycles. The smallest absolute Gasteiger partial charge is 0.261 e. The number of hydrogen-bond donors (Lipinski definition) is 3. The number of carbonyl (C=O) groups excluding carboxylic acids is 2. The van der Waals surface area contributed by atoms with Crippen LogP contribution in [-0.2, 0) is 22.6 Å². The fourth-order valence-corrected chi connectivity index (χ4v) is 6.63. The third-order valence-corrected chi connectivity index (χ3v) is 9.64. The van der Waals surface area contributed by atoms with E-state index in [0.717, 1.165) is 51.1 Å². The summed E-state index contributed by atoms with van der Waals surface area (Å²) in [6.45, 7) is 6.85. The van der Waals surface area contributed by atoms with E-state index in [1.165, 1.54) is 10.9 Å². The highest BCUT2D eigenvalue weighted by Gasteiger charge is 2.36. The quantitative estimate of drug-likeness (QED) is 0.179. The highest BCUT2D eigenvalue weighted by atomic mass is 16.3. The molecule has 48 heavy (non-hydrogen) atoms. The predicted octanol–water partition coefficient (Wildman–Crippen LogP) is 2.19. The van der Waals surface area contributed by atoms with Crippen molar-refractivity contribution in [3.63, 3.8) is 0 Å². The first-order chi connectivity index (χ1) is 23.2. The van der Waals surface area contributed by atoms with Crippen molar-refractivity contribution in [2.75, 3.05) is 71.3 Å². The Morgan fingerprint density at radius 3 is 2.54 bits per heavy atom. The van der Waals surface area contributed by atoms with Crippen LogP contribution in [0.25, 0.3) is 10.9 Å². The van der Waals surface area contributed by atoms with Gasteiger partial charge in [-0.15, -0.1) is 6.42 Å². The van der Waals surface area contributed by atoms with Gasteiger partial charge in [-0.25, -0.2) is 4.98 Å². The van der Waals surface area contributed by atoms with Crippen LogP contribution >= 0.6 is 0 Å². The second kappa shape index (κ2) is 16.8. The van der Waals surface area contributed by atoms with Gasteiger partial charge >= 0.3 is 0 Å². The van der Waals surface area contributed by atoms with Crippen LogP contribution in [0.3, 0.4) is 0 Å². The minimum Gasteiger partial charge on any atom is -0.388 e. The summed E-state index contributed by atoms with van der Waals surface area (Å²) in [6, 6.07) is 15.2. The topological polar surface area (TPSA) is 123 Å². The Labute approximate surface area is 283 Å². The molecule has 5 rings (SSSR count). The molecule has 2 amide bonds. The Morgan fingerprint density at radius 2 is 1.81 bits per heavy atom. The fourth-order valence-electron chi connectivity index (χ4n) is 6.63. The molecule has 256 valence electrons. The molecule has 2 saturated heterocycles. The molecule has 1 atom stereocenters. The van der Waals surface area contributed by atoms with E-state index < -0.39 is 5.60 Å². The van der Waals surface area contributed by atoms with Crippen LogP contribution in [0.5, 0.6) is 0 Å². The van der Waals surface area contributed by atoms with Gasteiger partial charge in [-0.1, -0.05) is 36.3 Å². The summed E-state index contributed by atoms with van der Waals surface area (Å²) in [7, 11) is 2.11. The summed E-state index contributed by atoms with van der Waals surface area (Å²) in [6.07, 6.45) is 10.2. The summed E-state index contributed by atoms with van der Waals surface area (Å²) < 4.78 is 1.45. The first kappa shape index (κ1) is 35.2. The van der Waals surface area contributed by atoms with E-state index in [-0.39, 0.29) is 29.8 Å². The number of hydrogen-bond acceptors (Lipinski definition) is 8. The molecular formula is C37H49N7O4. The molecule has 0 spiro atoms. The molecule has 0 saturated carbocycles. The third-order valence-electron chi connectivity index (χ3n) is 9.64. The summed E-state index contributed by atoms with van der Waals surface area (Å²) in [5, 5.41) is 18.1. The van der Waals surface area contributed by atoms with Crippen molar-refractivity contribution in [2.45, 2.75) is 50.7 Å². The van der Waals surface area contributed by atoms with Gasteiger partial charge < -0.3 is 30.4 Å². The Kier molecular flexibility index (Phi) is 12.4. The molecule has 11 nitrogen and oxygen atoms in total. The number of nitrogens with zero attached hydrogens (tertiary/aromatic N) is 5. The fraction of sp³-hybridized carbons (Fsp3) is 0.514. The van der Waals surface area contributed by atoms with Crippen LogP contribution in [0.2, 0.25) is 0 Å². The van der Waals surface area contributed by atoms with Crippen molar-refractivity contribution in [3.05, 3.63) is 70.8 Å². The van der Waals surface area contributed by atoms with Crippen molar-refractivity contribution in [3.8, 4) is 12.3 Å². The van der Waals surface area contributed by atoms with Crippen LogP contribution in [0.4, 0.5) is 5.69 Å². The minimum absolute atomic E-state index is 0.0721. The lowest BCUT2D eigenvalue weighted by Gasteiger charge is -2.39.